The van der Waals surface area contributed by atoms with Gasteiger partial charge in [-0.05, 0) is 13.8 Å². The van der Waals surface area contributed by atoms with E-state index >= 15 is 0 Å². The van der Waals surface area contributed by atoms with Gasteiger partial charge < -0.3 is 124 Å². The molecule has 3 amide bonds. The van der Waals surface area contributed by atoms with Gasteiger partial charge in [0.2, 0.25) is 11.8 Å². The Bertz CT molecular complexity index is 1870. The SMILES string of the molecule is C=C(C)C(=O)OCCN.C=C(C)C(=O)OCCNC(=O)C1O[C@@H](O[C@@H]2C(NC(C)=O)[C@H](OC)OC(CO)[C@H]2O)C(O)[C@@H](O)[C@@H]1OC.CO[C@@H]1OC(CO)[C@@H](O)[C@H](O[C@@H]2OC(C(=O)O)[C@@H](OC)[C@H](O)C2O)C1NC(C)=O. The molecule has 31 nitrogen and oxygen atoms in total. The van der Waals surface area contributed by atoms with Crippen molar-refractivity contribution >= 4 is 35.6 Å². The van der Waals surface area contributed by atoms with E-state index in [9.17, 15) is 74.7 Å². The Morgan fingerprint density at radius 3 is 1.25 bits per heavy atom. The second kappa shape index (κ2) is 32.3. The highest BCUT2D eigenvalue weighted by Gasteiger charge is 2.55. The Labute approximate surface area is 431 Å². The minimum absolute atomic E-state index is 0.102. The molecule has 0 aromatic heterocycles. The maximum Gasteiger partial charge on any atom is 0.335 e. The Morgan fingerprint density at radius 1 is 0.533 bits per heavy atom. The summed E-state index contributed by atoms with van der Waals surface area (Å²) in [5, 5.41) is 98.9. The summed E-state index contributed by atoms with van der Waals surface area (Å²) in [5.41, 5.74) is 5.66. The van der Waals surface area contributed by atoms with Gasteiger partial charge in [0, 0.05) is 60.0 Å². The Balaban J connectivity index is 0.000000449. The van der Waals surface area contributed by atoms with Gasteiger partial charge in [-0.2, -0.15) is 0 Å². The van der Waals surface area contributed by atoms with Crippen molar-refractivity contribution in [3.8, 4) is 0 Å². The summed E-state index contributed by atoms with van der Waals surface area (Å²) < 4.78 is 63.0. The van der Waals surface area contributed by atoms with Crippen LogP contribution in [-0.2, 0) is 85.6 Å². The van der Waals surface area contributed by atoms with Crippen molar-refractivity contribution in [2.45, 2.75) is 150 Å². The Morgan fingerprint density at radius 2 is 0.920 bits per heavy atom. The number of nitrogens with two attached hydrogens (primary N) is 1. The fraction of sp³-hybridized carbons (Fsp3) is 0.773. The van der Waals surface area contributed by atoms with Crippen LogP contribution in [0.2, 0.25) is 0 Å². The van der Waals surface area contributed by atoms with Crippen LogP contribution in [0.25, 0.3) is 0 Å². The molecular formula is C44H74N4O27. The van der Waals surface area contributed by atoms with Crippen molar-refractivity contribution in [3.63, 3.8) is 0 Å². The maximum atomic E-state index is 12.8. The van der Waals surface area contributed by atoms with Crippen molar-refractivity contribution in [1.82, 2.24) is 16.0 Å². The summed E-state index contributed by atoms with van der Waals surface area (Å²) in [6.45, 7) is 11.4. The summed E-state index contributed by atoms with van der Waals surface area (Å²) >= 11 is 0. The zero-order chi connectivity index (χ0) is 57.0. The third kappa shape index (κ3) is 18.6. The molecule has 8 unspecified atom stereocenters. The number of carboxylic acids is 1. The number of carbonyl (C=O) groups excluding carboxylic acids is 5. The number of carboxylic acid groups (broad SMARTS) is 1. The van der Waals surface area contributed by atoms with Gasteiger partial charge in [0.25, 0.3) is 5.91 Å². The molecule has 4 aliphatic rings. The van der Waals surface area contributed by atoms with E-state index in [-0.39, 0.29) is 31.3 Å². The van der Waals surface area contributed by atoms with E-state index in [2.05, 4.69) is 33.8 Å². The fourth-order valence-electron chi connectivity index (χ4n) is 7.60. The molecule has 0 bridgehead atoms. The van der Waals surface area contributed by atoms with E-state index in [1.165, 1.54) is 42.1 Å². The molecule has 0 aromatic rings. The summed E-state index contributed by atoms with van der Waals surface area (Å²) in [4.78, 5) is 69.6. The zero-order valence-electron chi connectivity index (χ0n) is 42.7. The van der Waals surface area contributed by atoms with Gasteiger partial charge in [0.1, 0.15) is 98.5 Å². The number of amides is 3. The van der Waals surface area contributed by atoms with Crippen LogP contribution in [0.15, 0.2) is 24.3 Å². The summed E-state index contributed by atoms with van der Waals surface area (Å²) in [5.74, 6) is -4.29. The monoisotopic (exact) mass is 1090 g/mol. The Kier molecular flexibility index (Phi) is 28.7. The Hall–Kier alpha value is -4.46. The van der Waals surface area contributed by atoms with Gasteiger partial charge >= 0.3 is 17.9 Å². The van der Waals surface area contributed by atoms with Crippen molar-refractivity contribution in [3.05, 3.63) is 24.3 Å². The lowest BCUT2D eigenvalue weighted by Gasteiger charge is -2.47. The minimum atomic E-state index is -1.74. The van der Waals surface area contributed by atoms with Crippen LogP contribution >= 0.6 is 0 Å². The van der Waals surface area contributed by atoms with E-state index in [0.717, 1.165) is 7.11 Å². The molecule has 31 heteroatoms. The predicted octanol–water partition coefficient (Wildman–Crippen LogP) is -7.49. The normalized spacial score (nSPS) is 35.4. The molecule has 4 saturated heterocycles. The average Bonchev–Trinajstić information content (AvgIpc) is 3.36. The highest BCUT2D eigenvalue weighted by atomic mass is 16.7. The number of esters is 2. The molecule has 4 fully saturated rings. The van der Waals surface area contributed by atoms with Crippen molar-refractivity contribution < 1.29 is 132 Å². The summed E-state index contributed by atoms with van der Waals surface area (Å²) in [6.07, 6.45) is -26.5. The second-order valence-electron chi connectivity index (χ2n) is 17.0. The van der Waals surface area contributed by atoms with Gasteiger partial charge in [0.05, 0.1) is 19.8 Å². The first-order valence-electron chi connectivity index (χ1n) is 23.0. The number of aliphatic carboxylic acids is 1. The molecule has 4 aliphatic heterocycles. The first-order chi connectivity index (χ1) is 35.3. The van der Waals surface area contributed by atoms with Crippen LogP contribution < -0.4 is 21.7 Å². The number of methoxy groups -OCH3 is 4. The van der Waals surface area contributed by atoms with Crippen LogP contribution in [0.1, 0.15) is 27.7 Å². The highest BCUT2D eigenvalue weighted by Crippen LogP contribution is 2.32. The summed E-state index contributed by atoms with van der Waals surface area (Å²) in [7, 11) is 4.88. The number of hydrogen-bond donors (Lipinski definition) is 13. The molecule has 4 heterocycles. The standard InChI is InChI=1S/C22H36N2O13.C16H27NO12.C6H11NO2/c1-9(2)20(31)34-7-6-23-19(30)18-17(32-4)14(28)15(29)22(37-18)36-16-12(24-10(3)26)21(33-5)35-11(8-25)13(16)27;1-5(19)17-7-11(8(20)6(4-18)27-15(7)26-3)28-16-10(22)9(21)12(25-2)13(29-16)14(23)24;1-5(2)6(8)9-4-3-7/h11-18,21-22,25,27-29H,1,6-8H2,2-5H3,(H,23,30)(H,24,26);6-13,15-16,18,20-22H,4H2,1-3H3,(H,17,19)(H,23,24);1,3-4,7H2,2H3/t11?,12?,13-,14-,15?,16-,17+,18?,21-,22-;6?,7?,8-,9-,10?,11-,12+,13?,15-,16-;/m11./s1. The third-order valence-electron chi connectivity index (χ3n) is 11.3. The smallest absolute Gasteiger partial charge is 0.335 e. The molecule has 0 spiro atoms. The molecule has 0 radical (unpaired) electrons. The molecule has 0 saturated carbocycles. The van der Waals surface area contributed by atoms with Crippen molar-refractivity contribution in [2.24, 2.45) is 5.73 Å². The second-order valence-corrected chi connectivity index (χ2v) is 17.0. The van der Waals surface area contributed by atoms with Crippen LogP contribution in [0.3, 0.4) is 0 Å². The molecule has 0 aliphatic carbocycles. The van der Waals surface area contributed by atoms with Crippen LogP contribution in [-0.4, -0.2) is 272 Å². The van der Waals surface area contributed by atoms with Gasteiger partial charge in [-0.25, -0.2) is 14.4 Å². The number of rotatable bonds is 21. The van der Waals surface area contributed by atoms with E-state index in [1.54, 1.807) is 6.92 Å². The van der Waals surface area contributed by atoms with Gasteiger partial charge in [-0.1, -0.05) is 13.2 Å². The maximum absolute atomic E-state index is 12.8. The lowest BCUT2D eigenvalue weighted by molar-refractivity contribution is -0.339. The zero-order valence-corrected chi connectivity index (χ0v) is 42.7. The largest absolute Gasteiger partial charge is 0.479 e. The van der Waals surface area contributed by atoms with Gasteiger partial charge in [0.15, 0.2) is 37.4 Å². The first kappa shape index (κ1) is 66.7. The molecule has 432 valence electrons. The first-order valence-corrected chi connectivity index (χ1v) is 23.0. The minimum Gasteiger partial charge on any atom is -0.479 e. The molecule has 14 N–H and O–H groups in total. The molecular weight excluding hydrogens is 1020 g/mol. The van der Waals surface area contributed by atoms with Crippen LogP contribution in [0.4, 0.5) is 0 Å². The van der Waals surface area contributed by atoms with Crippen LogP contribution in [0, 0.1) is 0 Å². The number of aliphatic hydroxyl groups excluding tert-OH is 8. The lowest BCUT2D eigenvalue weighted by atomic mass is 9.95. The van der Waals surface area contributed by atoms with Crippen LogP contribution in [0.5, 0.6) is 0 Å². The van der Waals surface area contributed by atoms with E-state index in [4.69, 9.17) is 57.8 Å². The van der Waals surface area contributed by atoms with E-state index in [0.29, 0.717) is 12.1 Å². The van der Waals surface area contributed by atoms with Crippen molar-refractivity contribution in [2.75, 3.05) is 68.0 Å². The van der Waals surface area contributed by atoms with Crippen molar-refractivity contribution in [1.29, 1.82) is 0 Å². The molecule has 4 rings (SSSR count). The molecule has 0 aromatic carbocycles. The molecule has 20 atom stereocenters. The molecule has 75 heavy (non-hydrogen) atoms. The highest BCUT2D eigenvalue weighted by molar-refractivity contribution is 5.87. The van der Waals surface area contributed by atoms with Gasteiger partial charge in [-0.15, -0.1) is 0 Å². The third-order valence-corrected chi connectivity index (χ3v) is 11.3. The number of hydrogen-bond acceptors (Lipinski definition) is 27. The number of ether oxygens (including phenoxy) is 12. The van der Waals surface area contributed by atoms with Gasteiger partial charge in [-0.3, -0.25) is 14.4 Å². The number of aliphatic hydroxyl groups is 8. The average molecular weight is 1090 g/mol. The summed E-state index contributed by atoms with van der Waals surface area (Å²) in [6, 6.07) is -2.23. The number of nitrogens with one attached hydrogen (secondary N) is 3. The van der Waals surface area contributed by atoms with E-state index in [1.807, 2.05) is 0 Å². The predicted molar refractivity (Wildman–Crippen MR) is 247 cm³/mol. The lowest BCUT2D eigenvalue weighted by Crippen LogP contribution is -2.68. The topological polar surface area (TPSA) is 457 Å². The fourth-order valence-corrected chi connectivity index (χ4v) is 7.60. The number of carbonyl (C=O) groups is 6. The quantitative estimate of drug-likeness (QED) is 0.0288. The van der Waals surface area contributed by atoms with E-state index < -0.39 is 166 Å².